The molecule has 0 aliphatic carbocycles. The van der Waals surface area contributed by atoms with E-state index in [-0.39, 0.29) is 5.91 Å². The number of amides is 1. The molecule has 25 heavy (non-hydrogen) atoms. The zero-order chi connectivity index (χ0) is 18.0. The highest BCUT2D eigenvalue weighted by Crippen LogP contribution is 2.19. The average Bonchev–Trinajstić information content (AvgIpc) is 3.16. The second-order valence-corrected chi connectivity index (χ2v) is 6.03. The molecule has 1 unspecified atom stereocenters. The number of benzene rings is 1. The summed E-state index contributed by atoms with van der Waals surface area (Å²) in [5.41, 5.74) is 4.24. The summed E-state index contributed by atoms with van der Waals surface area (Å²) in [6, 6.07) is 9.41. The maximum Gasteiger partial charge on any atom is 0.246 e. The number of nitrogens with one attached hydrogen (secondary N) is 2. The van der Waals surface area contributed by atoms with Crippen molar-refractivity contribution in [3.63, 3.8) is 0 Å². The number of aryl methyl sites for hydroxylation is 2. The van der Waals surface area contributed by atoms with E-state index in [1.165, 1.54) is 0 Å². The van der Waals surface area contributed by atoms with Crippen molar-refractivity contribution >= 4 is 17.3 Å². The molecular weight excluding hydrogens is 316 g/mol. The number of anilines is 2. The zero-order valence-corrected chi connectivity index (χ0v) is 14.8. The lowest BCUT2D eigenvalue weighted by molar-refractivity contribution is -0.116. The Balaban J connectivity index is 1.67. The van der Waals surface area contributed by atoms with E-state index in [0.29, 0.717) is 0 Å². The second-order valence-electron chi connectivity index (χ2n) is 6.03. The first-order valence-electron chi connectivity index (χ1n) is 8.13. The molecule has 7 nitrogen and oxygen atoms in total. The van der Waals surface area contributed by atoms with Crippen molar-refractivity contribution in [3.05, 3.63) is 54.1 Å². The smallest absolute Gasteiger partial charge is 0.246 e. The molecule has 0 spiro atoms. The van der Waals surface area contributed by atoms with Gasteiger partial charge in [0.15, 0.2) is 0 Å². The third kappa shape index (κ3) is 3.55. The van der Waals surface area contributed by atoms with Gasteiger partial charge in [-0.15, -0.1) is 0 Å². The fraction of sp³-hybridized carbons (Fsp3) is 0.278. The van der Waals surface area contributed by atoms with Crippen LogP contribution in [0.2, 0.25) is 0 Å². The van der Waals surface area contributed by atoms with Gasteiger partial charge in [-0.2, -0.15) is 10.2 Å². The van der Waals surface area contributed by atoms with Crippen molar-refractivity contribution < 1.29 is 4.79 Å². The molecule has 2 heterocycles. The summed E-state index contributed by atoms with van der Waals surface area (Å²) in [6.07, 6.45) is 3.57. The van der Waals surface area contributed by atoms with Crippen molar-refractivity contribution in [3.8, 4) is 5.69 Å². The lowest BCUT2D eigenvalue weighted by Crippen LogP contribution is -2.32. The molecular formula is C18H22N6O. The maximum atomic E-state index is 12.5. The summed E-state index contributed by atoms with van der Waals surface area (Å²) in [7, 11) is 1.86. The van der Waals surface area contributed by atoms with Gasteiger partial charge in [-0.3, -0.25) is 9.48 Å². The monoisotopic (exact) mass is 338 g/mol. The third-order valence-electron chi connectivity index (χ3n) is 4.14. The van der Waals surface area contributed by atoms with Gasteiger partial charge in [0, 0.05) is 7.05 Å². The number of carbonyl (C=O) groups excluding carboxylic acids is 1. The van der Waals surface area contributed by atoms with Crippen LogP contribution < -0.4 is 10.6 Å². The van der Waals surface area contributed by atoms with Gasteiger partial charge in [0.25, 0.3) is 0 Å². The minimum absolute atomic E-state index is 0.119. The summed E-state index contributed by atoms with van der Waals surface area (Å²) in [6.45, 7) is 5.62. The molecule has 0 fully saturated rings. The Labute approximate surface area is 146 Å². The third-order valence-corrected chi connectivity index (χ3v) is 4.14. The summed E-state index contributed by atoms with van der Waals surface area (Å²) in [4.78, 5) is 12.5. The predicted molar refractivity (Wildman–Crippen MR) is 98.0 cm³/mol. The highest BCUT2D eigenvalue weighted by molar-refractivity contribution is 5.97. The van der Waals surface area contributed by atoms with Crippen LogP contribution in [0.4, 0.5) is 11.4 Å². The van der Waals surface area contributed by atoms with Crippen LogP contribution in [-0.2, 0) is 11.8 Å². The molecule has 2 N–H and O–H groups in total. The fourth-order valence-electron chi connectivity index (χ4n) is 2.62. The molecule has 0 aliphatic rings. The summed E-state index contributed by atoms with van der Waals surface area (Å²) >= 11 is 0. The summed E-state index contributed by atoms with van der Waals surface area (Å²) in [5, 5.41) is 14.8. The number of nitrogens with zero attached hydrogens (tertiary/aromatic N) is 4. The Morgan fingerprint density at radius 3 is 2.56 bits per heavy atom. The first kappa shape index (κ1) is 16.8. The Kier molecular flexibility index (Phi) is 4.56. The Morgan fingerprint density at radius 1 is 1.20 bits per heavy atom. The molecule has 0 saturated carbocycles. The number of hydrogen-bond acceptors (Lipinski definition) is 4. The van der Waals surface area contributed by atoms with Gasteiger partial charge < -0.3 is 10.6 Å². The van der Waals surface area contributed by atoms with E-state index in [2.05, 4.69) is 20.8 Å². The van der Waals surface area contributed by atoms with Crippen LogP contribution in [-0.4, -0.2) is 31.5 Å². The van der Waals surface area contributed by atoms with E-state index in [9.17, 15) is 4.79 Å². The number of hydrogen-bond donors (Lipinski definition) is 2. The van der Waals surface area contributed by atoms with E-state index in [4.69, 9.17) is 0 Å². The van der Waals surface area contributed by atoms with Gasteiger partial charge in [-0.25, -0.2) is 4.68 Å². The minimum Gasteiger partial charge on any atom is -0.371 e. The van der Waals surface area contributed by atoms with Crippen molar-refractivity contribution in [2.45, 2.75) is 26.8 Å². The van der Waals surface area contributed by atoms with Gasteiger partial charge in [0.2, 0.25) is 5.91 Å². The van der Waals surface area contributed by atoms with Crippen LogP contribution in [0.1, 0.15) is 18.3 Å². The van der Waals surface area contributed by atoms with Gasteiger partial charge in [0.1, 0.15) is 6.04 Å². The highest BCUT2D eigenvalue weighted by atomic mass is 16.2. The molecule has 2 aromatic heterocycles. The standard InChI is InChI=1S/C18H22N6O/c1-12-17(14(3)23(4)22-12)21-18(25)13(2)20-15-10-19-24(11-15)16-8-6-5-7-9-16/h5-11,13,20H,1-4H3,(H,21,25). The fourth-order valence-corrected chi connectivity index (χ4v) is 2.62. The molecule has 1 aromatic carbocycles. The largest absolute Gasteiger partial charge is 0.371 e. The van der Waals surface area contributed by atoms with Gasteiger partial charge in [-0.1, -0.05) is 18.2 Å². The Bertz CT molecular complexity index is 880. The minimum atomic E-state index is -0.410. The molecule has 3 rings (SSSR count). The van der Waals surface area contributed by atoms with Crippen LogP contribution >= 0.6 is 0 Å². The second kappa shape index (κ2) is 6.80. The molecule has 0 radical (unpaired) electrons. The van der Waals surface area contributed by atoms with Crippen molar-refractivity contribution in [1.29, 1.82) is 0 Å². The van der Waals surface area contributed by atoms with E-state index in [0.717, 1.165) is 28.5 Å². The lowest BCUT2D eigenvalue weighted by atomic mass is 10.2. The van der Waals surface area contributed by atoms with Crippen LogP contribution in [0.25, 0.3) is 5.69 Å². The van der Waals surface area contributed by atoms with Crippen molar-refractivity contribution in [2.75, 3.05) is 10.6 Å². The molecule has 1 atom stereocenters. The number of rotatable bonds is 5. The van der Waals surface area contributed by atoms with Crippen LogP contribution in [0, 0.1) is 13.8 Å². The normalized spacial score (nSPS) is 12.0. The molecule has 1 amide bonds. The number of carbonyl (C=O) groups is 1. The molecule has 0 aliphatic heterocycles. The van der Waals surface area contributed by atoms with Crippen LogP contribution in [0.5, 0.6) is 0 Å². The number of para-hydroxylation sites is 1. The lowest BCUT2D eigenvalue weighted by Gasteiger charge is -2.14. The van der Waals surface area contributed by atoms with E-state index in [1.54, 1.807) is 15.6 Å². The molecule has 7 heteroatoms. The first-order valence-corrected chi connectivity index (χ1v) is 8.13. The maximum absolute atomic E-state index is 12.5. The van der Waals surface area contributed by atoms with Crippen molar-refractivity contribution in [2.24, 2.45) is 7.05 Å². The van der Waals surface area contributed by atoms with Crippen molar-refractivity contribution in [1.82, 2.24) is 19.6 Å². The van der Waals surface area contributed by atoms with E-state index < -0.39 is 6.04 Å². The number of aromatic nitrogens is 4. The average molecular weight is 338 g/mol. The SMILES string of the molecule is Cc1nn(C)c(C)c1NC(=O)C(C)Nc1cnn(-c2ccccc2)c1. The molecule has 0 saturated heterocycles. The van der Waals surface area contributed by atoms with E-state index >= 15 is 0 Å². The molecule has 0 bridgehead atoms. The zero-order valence-electron chi connectivity index (χ0n) is 14.8. The summed E-state index contributed by atoms with van der Waals surface area (Å²) in [5.74, 6) is -0.119. The Hall–Kier alpha value is -3.09. The van der Waals surface area contributed by atoms with E-state index in [1.807, 2.05) is 64.3 Å². The molecule has 130 valence electrons. The molecule has 3 aromatic rings. The summed E-state index contributed by atoms with van der Waals surface area (Å²) < 4.78 is 3.52. The quantitative estimate of drug-likeness (QED) is 0.750. The van der Waals surface area contributed by atoms with Gasteiger partial charge in [0.05, 0.1) is 40.8 Å². The van der Waals surface area contributed by atoms with Crippen LogP contribution in [0.15, 0.2) is 42.7 Å². The van der Waals surface area contributed by atoms with Gasteiger partial charge >= 0.3 is 0 Å². The first-order chi connectivity index (χ1) is 12.0. The Morgan fingerprint density at radius 2 is 1.92 bits per heavy atom. The van der Waals surface area contributed by atoms with Gasteiger partial charge in [-0.05, 0) is 32.9 Å². The topological polar surface area (TPSA) is 76.8 Å². The highest BCUT2D eigenvalue weighted by Gasteiger charge is 2.18. The van der Waals surface area contributed by atoms with Crippen LogP contribution in [0.3, 0.4) is 0 Å². The predicted octanol–water partition coefficient (Wildman–Crippen LogP) is 2.66.